The number of anilines is 1. The number of rotatable bonds is 5. The van der Waals surface area contributed by atoms with E-state index in [2.05, 4.69) is 55.6 Å². The Morgan fingerprint density at radius 3 is 2.44 bits per heavy atom. The summed E-state index contributed by atoms with van der Waals surface area (Å²) in [6, 6.07) is 18.0. The molecule has 1 amide bonds. The molecule has 3 rings (SSSR count). The van der Waals surface area contributed by atoms with E-state index in [0.717, 1.165) is 31.6 Å². The maximum atomic E-state index is 12.8. The van der Waals surface area contributed by atoms with Gasteiger partial charge in [-0.15, -0.1) is 0 Å². The van der Waals surface area contributed by atoms with Crippen LogP contribution in [-0.4, -0.2) is 29.2 Å². The fourth-order valence-electron chi connectivity index (χ4n) is 3.52. The first-order valence-electron chi connectivity index (χ1n) is 8.52. The highest BCUT2D eigenvalue weighted by atomic mass is 127. The second kappa shape index (κ2) is 8.19. The van der Waals surface area contributed by atoms with E-state index in [4.69, 9.17) is 4.74 Å². The molecule has 0 bridgehead atoms. The predicted octanol–water partition coefficient (Wildman–Crippen LogP) is 4.41. The summed E-state index contributed by atoms with van der Waals surface area (Å²) in [5, 5.41) is 3.04. The number of hydrogen-bond donors (Lipinski definition) is 1. The summed E-state index contributed by atoms with van der Waals surface area (Å²) in [4.78, 5) is 12.8. The maximum Gasteiger partial charge on any atom is 0.225 e. The van der Waals surface area contributed by atoms with Crippen molar-refractivity contribution in [2.24, 2.45) is 0 Å². The van der Waals surface area contributed by atoms with Gasteiger partial charge in [0.25, 0.3) is 0 Å². The number of nitrogens with one attached hydrogen (secondary N) is 1. The number of carbonyl (C=O) groups is 1. The van der Waals surface area contributed by atoms with Crippen LogP contribution in [0, 0.1) is 0 Å². The summed E-state index contributed by atoms with van der Waals surface area (Å²) < 4.78 is 7.64. The number of ether oxygens (including phenoxy) is 1. The first-order valence-corrected chi connectivity index (χ1v) is 9.49. The Morgan fingerprint density at radius 1 is 1.12 bits per heavy atom. The first-order chi connectivity index (χ1) is 12.1. The lowest BCUT2D eigenvalue weighted by Crippen LogP contribution is -2.41. The standard InChI is InChI=1S/C20H23IN2O2/c1-25-18-10-6-5-9-17(18)22-19(24)15-20(11-13-23(21)14-12-20)16-7-3-2-4-8-16/h2-10H,11-15H2,1H3,(H,22,24). The molecule has 1 fully saturated rings. The zero-order chi connectivity index (χ0) is 17.7. The van der Waals surface area contributed by atoms with Gasteiger partial charge in [0, 0.05) is 47.8 Å². The molecule has 0 radical (unpaired) electrons. The van der Waals surface area contributed by atoms with Gasteiger partial charge < -0.3 is 10.1 Å². The van der Waals surface area contributed by atoms with Gasteiger partial charge in [0.15, 0.2) is 0 Å². The molecule has 1 aliphatic heterocycles. The molecule has 0 atom stereocenters. The van der Waals surface area contributed by atoms with Crippen LogP contribution >= 0.6 is 22.9 Å². The van der Waals surface area contributed by atoms with Crippen LogP contribution in [0.2, 0.25) is 0 Å². The molecule has 132 valence electrons. The molecule has 2 aromatic carbocycles. The SMILES string of the molecule is COc1ccccc1NC(=O)CC1(c2ccccc2)CCN(I)CC1. The van der Waals surface area contributed by atoms with Gasteiger partial charge in [-0.1, -0.05) is 42.5 Å². The third-order valence-corrected chi connectivity index (χ3v) is 5.90. The van der Waals surface area contributed by atoms with Gasteiger partial charge in [-0.05, 0) is 30.5 Å². The number of amides is 1. The number of hydrogen-bond acceptors (Lipinski definition) is 3. The fourth-order valence-corrected chi connectivity index (χ4v) is 4.00. The van der Waals surface area contributed by atoms with E-state index in [9.17, 15) is 4.79 Å². The fraction of sp³-hybridized carbons (Fsp3) is 0.350. The first kappa shape index (κ1) is 18.2. The molecule has 0 aromatic heterocycles. The van der Waals surface area contributed by atoms with Crippen LogP contribution < -0.4 is 10.1 Å². The van der Waals surface area contributed by atoms with E-state index in [1.165, 1.54) is 5.56 Å². The highest BCUT2D eigenvalue weighted by molar-refractivity contribution is 14.1. The number of nitrogens with zero attached hydrogens (tertiary/aromatic N) is 1. The predicted molar refractivity (Wildman–Crippen MR) is 109 cm³/mol. The quantitative estimate of drug-likeness (QED) is 0.542. The Hall–Kier alpha value is -1.60. The van der Waals surface area contributed by atoms with Gasteiger partial charge in [-0.3, -0.25) is 4.79 Å². The highest BCUT2D eigenvalue weighted by Gasteiger charge is 2.37. The Morgan fingerprint density at radius 2 is 1.76 bits per heavy atom. The number of carbonyl (C=O) groups excluding carboxylic acids is 1. The summed E-state index contributed by atoms with van der Waals surface area (Å²) in [6.45, 7) is 1.99. The largest absolute Gasteiger partial charge is 0.495 e. The van der Waals surface area contributed by atoms with Gasteiger partial charge in [0.2, 0.25) is 5.91 Å². The monoisotopic (exact) mass is 450 g/mol. The van der Waals surface area contributed by atoms with Gasteiger partial charge in [-0.25, -0.2) is 3.11 Å². The lowest BCUT2D eigenvalue weighted by molar-refractivity contribution is -0.117. The van der Waals surface area contributed by atoms with Crippen molar-refractivity contribution < 1.29 is 9.53 Å². The average Bonchev–Trinajstić information content (AvgIpc) is 2.65. The molecular weight excluding hydrogens is 427 g/mol. The Labute approximate surface area is 163 Å². The van der Waals surface area contributed by atoms with Crippen molar-refractivity contribution in [3.63, 3.8) is 0 Å². The van der Waals surface area contributed by atoms with Gasteiger partial charge in [0.05, 0.1) is 12.8 Å². The topological polar surface area (TPSA) is 41.6 Å². The summed E-state index contributed by atoms with van der Waals surface area (Å²) in [5.41, 5.74) is 1.88. The van der Waals surface area contributed by atoms with Crippen molar-refractivity contribution in [2.45, 2.75) is 24.7 Å². The van der Waals surface area contributed by atoms with Gasteiger partial charge >= 0.3 is 0 Å². The molecule has 25 heavy (non-hydrogen) atoms. The number of piperidine rings is 1. The number of para-hydroxylation sites is 2. The van der Waals surface area contributed by atoms with Crippen molar-refractivity contribution >= 4 is 34.5 Å². The van der Waals surface area contributed by atoms with Crippen LogP contribution in [0.4, 0.5) is 5.69 Å². The molecule has 4 nitrogen and oxygen atoms in total. The lowest BCUT2D eigenvalue weighted by atomic mass is 9.70. The zero-order valence-electron chi connectivity index (χ0n) is 14.4. The Balaban J connectivity index is 1.80. The average molecular weight is 450 g/mol. The van der Waals surface area contributed by atoms with Crippen LogP contribution in [-0.2, 0) is 10.2 Å². The minimum atomic E-state index is -0.102. The van der Waals surface area contributed by atoms with E-state index in [1.54, 1.807) is 7.11 Å². The molecule has 1 N–H and O–H groups in total. The molecule has 5 heteroatoms. The van der Waals surface area contributed by atoms with Crippen LogP contribution in [0.5, 0.6) is 5.75 Å². The Kier molecular flexibility index (Phi) is 5.96. The number of halogens is 1. The van der Waals surface area contributed by atoms with Crippen molar-refractivity contribution in [1.82, 2.24) is 3.11 Å². The molecular formula is C20H23IN2O2. The summed E-state index contributed by atoms with van der Waals surface area (Å²) in [7, 11) is 1.62. The van der Waals surface area contributed by atoms with E-state index in [1.807, 2.05) is 30.3 Å². The van der Waals surface area contributed by atoms with Gasteiger partial charge in [-0.2, -0.15) is 0 Å². The second-order valence-electron chi connectivity index (χ2n) is 6.48. The molecule has 2 aromatic rings. The van der Waals surface area contributed by atoms with Crippen molar-refractivity contribution in [3.8, 4) is 5.75 Å². The van der Waals surface area contributed by atoms with Crippen LogP contribution in [0.15, 0.2) is 54.6 Å². The highest BCUT2D eigenvalue weighted by Crippen LogP contribution is 2.40. The van der Waals surface area contributed by atoms with Crippen molar-refractivity contribution in [3.05, 3.63) is 60.2 Å². The minimum absolute atomic E-state index is 0.0373. The molecule has 1 aliphatic rings. The van der Waals surface area contributed by atoms with E-state index >= 15 is 0 Å². The molecule has 0 aliphatic carbocycles. The minimum Gasteiger partial charge on any atom is -0.495 e. The zero-order valence-corrected chi connectivity index (χ0v) is 16.5. The van der Waals surface area contributed by atoms with Crippen LogP contribution in [0.1, 0.15) is 24.8 Å². The molecule has 0 unspecified atom stereocenters. The van der Waals surface area contributed by atoms with E-state index < -0.39 is 0 Å². The third kappa shape index (κ3) is 4.33. The second-order valence-corrected chi connectivity index (χ2v) is 7.85. The van der Waals surface area contributed by atoms with Gasteiger partial charge in [0.1, 0.15) is 5.75 Å². The van der Waals surface area contributed by atoms with Crippen LogP contribution in [0.3, 0.4) is 0 Å². The van der Waals surface area contributed by atoms with Crippen molar-refractivity contribution in [1.29, 1.82) is 0 Å². The molecule has 1 saturated heterocycles. The third-order valence-electron chi connectivity index (χ3n) is 4.93. The van der Waals surface area contributed by atoms with Crippen molar-refractivity contribution in [2.75, 3.05) is 25.5 Å². The number of methoxy groups -OCH3 is 1. The molecule has 0 spiro atoms. The molecule has 1 heterocycles. The lowest BCUT2D eigenvalue weighted by Gasteiger charge is -2.40. The smallest absolute Gasteiger partial charge is 0.225 e. The maximum absolute atomic E-state index is 12.8. The normalized spacial score (nSPS) is 17.0. The Bertz CT molecular complexity index is 713. The summed E-state index contributed by atoms with van der Waals surface area (Å²) in [5.74, 6) is 0.724. The van der Waals surface area contributed by atoms with E-state index in [0.29, 0.717) is 12.2 Å². The summed E-state index contributed by atoms with van der Waals surface area (Å²) in [6.07, 6.45) is 2.46. The summed E-state index contributed by atoms with van der Waals surface area (Å²) >= 11 is 2.37. The van der Waals surface area contributed by atoms with Crippen LogP contribution in [0.25, 0.3) is 0 Å². The number of benzene rings is 2. The molecule has 0 saturated carbocycles. The van der Waals surface area contributed by atoms with E-state index in [-0.39, 0.29) is 11.3 Å².